The van der Waals surface area contributed by atoms with Gasteiger partial charge in [-0.3, -0.25) is 0 Å². The maximum absolute atomic E-state index is 3.45. The van der Waals surface area contributed by atoms with Gasteiger partial charge in [0, 0.05) is 0 Å². The highest BCUT2D eigenvalue weighted by atomic mass is 14.8. The summed E-state index contributed by atoms with van der Waals surface area (Å²) in [6, 6.07) is 0. The quantitative estimate of drug-likeness (QED) is 0.581. The van der Waals surface area contributed by atoms with Crippen LogP contribution in [0.5, 0.6) is 0 Å². The van der Waals surface area contributed by atoms with Gasteiger partial charge in [-0.2, -0.15) is 0 Å². The Morgan fingerprint density at radius 1 is 1.18 bits per heavy atom. The summed E-state index contributed by atoms with van der Waals surface area (Å²) >= 11 is 0. The number of rotatable bonds is 6. The normalized spacial score (nSPS) is 28.9. The van der Waals surface area contributed by atoms with Crippen LogP contribution in [0.25, 0.3) is 0 Å². The molecule has 1 heteroatoms. The molecule has 11 heavy (non-hydrogen) atoms. The molecule has 0 aliphatic heterocycles. The van der Waals surface area contributed by atoms with E-state index in [1.54, 1.807) is 0 Å². The van der Waals surface area contributed by atoms with Crippen LogP contribution >= 0.6 is 0 Å². The summed E-state index contributed by atoms with van der Waals surface area (Å²) in [6.45, 7) is 6.97. The van der Waals surface area contributed by atoms with Crippen molar-refractivity contribution in [2.45, 2.75) is 39.5 Å². The molecule has 0 amide bonds. The lowest BCUT2D eigenvalue weighted by molar-refractivity contribution is 0.572. The van der Waals surface area contributed by atoms with Gasteiger partial charge in [-0.1, -0.05) is 20.3 Å². The first-order valence-corrected chi connectivity index (χ1v) is 5.09. The molecule has 66 valence electrons. The van der Waals surface area contributed by atoms with Gasteiger partial charge in [-0.25, -0.2) is 0 Å². The zero-order valence-corrected chi connectivity index (χ0v) is 7.90. The van der Waals surface area contributed by atoms with E-state index >= 15 is 0 Å². The van der Waals surface area contributed by atoms with Crippen molar-refractivity contribution in [3.63, 3.8) is 0 Å². The largest absolute Gasteiger partial charge is 0.317 e. The van der Waals surface area contributed by atoms with Crippen molar-refractivity contribution in [1.29, 1.82) is 0 Å². The third-order valence-corrected chi connectivity index (χ3v) is 2.71. The van der Waals surface area contributed by atoms with E-state index in [9.17, 15) is 0 Å². The second kappa shape index (κ2) is 4.76. The summed E-state index contributed by atoms with van der Waals surface area (Å²) in [4.78, 5) is 0. The van der Waals surface area contributed by atoms with Crippen molar-refractivity contribution in [2.75, 3.05) is 13.1 Å². The third kappa shape index (κ3) is 3.24. The smallest absolute Gasteiger partial charge is 0.00462 e. The minimum absolute atomic E-state index is 1.07. The van der Waals surface area contributed by atoms with Gasteiger partial charge in [0.25, 0.3) is 0 Å². The molecule has 1 aliphatic carbocycles. The first-order valence-electron chi connectivity index (χ1n) is 5.09. The van der Waals surface area contributed by atoms with Crippen molar-refractivity contribution in [1.82, 2.24) is 5.32 Å². The zero-order chi connectivity index (χ0) is 8.10. The predicted molar refractivity (Wildman–Crippen MR) is 49.7 cm³/mol. The van der Waals surface area contributed by atoms with Gasteiger partial charge in [-0.05, 0) is 44.2 Å². The van der Waals surface area contributed by atoms with E-state index in [4.69, 9.17) is 0 Å². The molecular formula is C10H21N. The van der Waals surface area contributed by atoms with Crippen LogP contribution in [-0.2, 0) is 0 Å². The molecule has 0 spiro atoms. The van der Waals surface area contributed by atoms with Gasteiger partial charge in [0.1, 0.15) is 0 Å². The van der Waals surface area contributed by atoms with E-state index in [-0.39, 0.29) is 0 Å². The molecule has 0 heterocycles. The molecule has 1 fully saturated rings. The van der Waals surface area contributed by atoms with Gasteiger partial charge in [0.15, 0.2) is 0 Å². The summed E-state index contributed by atoms with van der Waals surface area (Å²) in [7, 11) is 0. The molecule has 0 bridgehead atoms. The lowest BCUT2D eigenvalue weighted by Crippen LogP contribution is -2.16. The molecule has 0 aromatic heterocycles. The summed E-state index contributed by atoms with van der Waals surface area (Å²) in [5, 5.41) is 3.45. The molecule has 0 saturated heterocycles. The molecular weight excluding hydrogens is 134 g/mol. The fourth-order valence-corrected chi connectivity index (χ4v) is 1.75. The Kier molecular flexibility index (Phi) is 3.92. The van der Waals surface area contributed by atoms with Crippen molar-refractivity contribution < 1.29 is 0 Å². The summed E-state index contributed by atoms with van der Waals surface area (Å²) in [6.07, 6.45) is 5.59. The van der Waals surface area contributed by atoms with Crippen LogP contribution in [0.4, 0.5) is 0 Å². The molecule has 1 unspecified atom stereocenters. The Bertz CT molecular complexity index is 101. The van der Waals surface area contributed by atoms with Crippen molar-refractivity contribution in [3.8, 4) is 0 Å². The van der Waals surface area contributed by atoms with Crippen molar-refractivity contribution in [2.24, 2.45) is 11.8 Å². The minimum atomic E-state index is 1.07. The maximum atomic E-state index is 3.45. The molecule has 0 aromatic carbocycles. The van der Waals surface area contributed by atoms with E-state index in [2.05, 4.69) is 19.2 Å². The van der Waals surface area contributed by atoms with Crippen LogP contribution in [0.1, 0.15) is 39.5 Å². The monoisotopic (exact) mass is 155 g/mol. The predicted octanol–water partition coefficient (Wildman–Crippen LogP) is 2.42. The van der Waals surface area contributed by atoms with E-state index < -0.39 is 0 Å². The SMILES string of the molecule is CCCNCC[C@H]1CC1CC. The van der Waals surface area contributed by atoms with Crippen LogP contribution < -0.4 is 5.32 Å². The first kappa shape index (κ1) is 9.05. The van der Waals surface area contributed by atoms with Crippen molar-refractivity contribution in [3.05, 3.63) is 0 Å². The average Bonchev–Trinajstić information content (AvgIpc) is 2.77. The van der Waals surface area contributed by atoms with Gasteiger partial charge in [0.2, 0.25) is 0 Å². The molecule has 1 rings (SSSR count). The summed E-state index contributed by atoms with van der Waals surface area (Å²) in [5.41, 5.74) is 0. The van der Waals surface area contributed by atoms with E-state index in [1.165, 1.54) is 38.8 Å². The third-order valence-electron chi connectivity index (χ3n) is 2.71. The van der Waals surface area contributed by atoms with Crippen LogP contribution in [-0.4, -0.2) is 13.1 Å². The molecule has 2 atom stereocenters. The second-order valence-corrected chi connectivity index (χ2v) is 3.70. The molecule has 1 saturated carbocycles. The Labute approximate surface area is 70.6 Å². The highest BCUT2D eigenvalue weighted by molar-refractivity contribution is 4.85. The molecule has 0 radical (unpaired) electrons. The Morgan fingerprint density at radius 3 is 2.55 bits per heavy atom. The topological polar surface area (TPSA) is 12.0 Å². The Morgan fingerprint density at radius 2 is 2.00 bits per heavy atom. The van der Waals surface area contributed by atoms with Crippen LogP contribution in [0.2, 0.25) is 0 Å². The average molecular weight is 155 g/mol. The van der Waals surface area contributed by atoms with E-state index in [0.29, 0.717) is 0 Å². The molecule has 1 nitrogen and oxygen atoms in total. The zero-order valence-electron chi connectivity index (χ0n) is 7.90. The van der Waals surface area contributed by atoms with Crippen LogP contribution in [0.3, 0.4) is 0 Å². The van der Waals surface area contributed by atoms with Gasteiger partial charge in [0.05, 0.1) is 0 Å². The van der Waals surface area contributed by atoms with E-state index in [1.807, 2.05) is 0 Å². The first-order chi connectivity index (χ1) is 5.38. The fourth-order valence-electron chi connectivity index (χ4n) is 1.75. The standard InChI is InChI=1S/C10H21N/c1-3-6-11-7-5-10-8-9(10)4-2/h9-11H,3-8H2,1-2H3/t9?,10-/m0/s1. The second-order valence-electron chi connectivity index (χ2n) is 3.70. The highest BCUT2D eigenvalue weighted by Gasteiger charge is 2.33. The highest BCUT2D eigenvalue weighted by Crippen LogP contribution is 2.43. The Balaban J connectivity index is 1.82. The molecule has 0 aromatic rings. The summed E-state index contributed by atoms with van der Waals surface area (Å²) < 4.78 is 0. The summed E-state index contributed by atoms with van der Waals surface area (Å²) in [5.74, 6) is 2.16. The fraction of sp³-hybridized carbons (Fsp3) is 1.00. The lowest BCUT2D eigenvalue weighted by atomic mass is 10.2. The minimum Gasteiger partial charge on any atom is -0.317 e. The van der Waals surface area contributed by atoms with Crippen LogP contribution in [0, 0.1) is 11.8 Å². The Hall–Kier alpha value is -0.0400. The van der Waals surface area contributed by atoms with Gasteiger partial charge < -0.3 is 5.32 Å². The number of hydrogen-bond acceptors (Lipinski definition) is 1. The van der Waals surface area contributed by atoms with Gasteiger partial charge >= 0.3 is 0 Å². The van der Waals surface area contributed by atoms with Crippen molar-refractivity contribution >= 4 is 0 Å². The number of hydrogen-bond donors (Lipinski definition) is 1. The number of nitrogens with one attached hydrogen (secondary N) is 1. The molecule has 1 aliphatic rings. The molecule has 1 N–H and O–H groups in total. The van der Waals surface area contributed by atoms with E-state index in [0.717, 1.165) is 11.8 Å². The lowest BCUT2D eigenvalue weighted by Gasteiger charge is -2.00. The van der Waals surface area contributed by atoms with Crippen LogP contribution in [0.15, 0.2) is 0 Å². The van der Waals surface area contributed by atoms with Gasteiger partial charge in [-0.15, -0.1) is 0 Å². The maximum Gasteiger partial charge on any atom is -0.00462 e.